The summed E-state index contributed by atoms with van der Waals surface area (Å²) in [5.41, 5.74) is 1.59. The molecule has 8 nitrogen and oxygen atoms in total. The second kappa shape index (κ2) is 7.38. The molecular formula is C16H18ClN3O5. The topological polar surface area (TPSA) is 102 Å². The second-order valence-electron chi connectivity index (χ2n) is 5.81. The van der Waals surface area contributed by atoms with Crippen molar-refractivity contribution >= 4 is 29.1 Å². The molecule has 1 aliphatic heterocycles. The van der Waals surface area contributed by atoms with Crippen LogP contribution in [0.1, 0.15) is 22.6 Å². The molecule has 0 saturated carbocycles. The number of pyridine rings is 1. The molecule has 9 heteroatoms. The van der Waals surface area contributed by atoms with Gasteiger partial charge in [-0.25, -0.2) is 9.78 Å². The third-order valence-corrected chi connectivity index (χ3v) is 4.24. The van der Waals surface area contributed by atoms with E-state index in [9.17, 15) is 9.59 Å². The number of aliphatic carboxylic acids is 1. The second-order valence-corrected chi connectivity index (χ2v) is 6.24. The molecule has 2 aromatic rings. The fourth-order valence-corrected chi connectivity index (χ4v) is 3.03. The Bertz CT molecular complexity index is 806. The number of aryl methyl sites for hydroxylation is 1. The van der Waals surface area contributed by atoms with Crippen molar-refractivity contribution in [3.05, 3.63) is 34.7 Å². The number of fused-ring (bicyclic) bond motifs is 1. The van der Waals surface area contributed by atoms with Crippen LogP contribution in [0.25, 0.3) is 5.65 Å². The van der Waals surface area contributed by atoms with Gasteiger partial charge in [0, 0.05) is 12.8 Å². The summed E-state index contributed by atoms with van der Waals surface area (Å²) in [5, 5.41) is 12.2. The molecule has 3 heterocycles. The molecule has 3 rings (SSSR count). The van der Waals surface area contributed by atoms with Gasteiger partial charge < -0.3 is 19.9 Å². The van der Waals surface area contributed by atoms with Gasteiger partial charge in [0.1, 0.15) is 24.1 Å². The number of carbonyl (C=O) groups excluding carboxylic acids is 1. The fourth-order valence-electron chi connectivity index (χ4n) is 2.87. The molecule has 134 valence electrons. The first-order valence-corrected chi connectivity index (χ1v) is 8.19. The monoisotopic (exact) mass is 367 g/mol. The number of imidazole rings is 1. The number of carbonyl (C=O) groups is 2. The van der Waals surface area contributed by atoms with Crippen molar-refractivity contribution in [2.45, 2.75) is 25.5 Å². The Morgan fingerprint density at radius 1 is 1.52 bits per heavy atom. The number of carboxylic acids is 1. The van der Waals surface area contributed by atoms with Crippen molar-refractivity contribution < 1.29 is 24.2 Å². The maximum Gasteiger partial charge on any atom is 0.329 e. The number of ether oxygens (including phenoxy) is 2. The number of nitrogens with zero attached hydrogens (tertiary/aromatic N) is 2. The van der Waals surface area contributed by atoms with E-state index in [1.165, 1.54) is 0 Å². The number of hydrogen-bond donors (Lipinski definition) is 2. The zero-order valence-electron chi connectivity index (χ0n) is 13.6. The van der Waals surface area contributed by atoms with Gasteiger partial charge in [-0.2, -0.15) is 0 Å². The summed E-state index contributed by atoms with van der Waals surface area (Å²) in [5.74, 6) is -1.38. The molecule has 2 N–H and O–H groups in total. The van der Waals surface area contributed by atoms with E-state index in [0.717, 1.165) is 0 Å². The van der Waals surface area contributed by atoms with Crippen molar-refractivity contribution in [3.63, 3.8) is 0 Å². The quantitative estimate of drug-likeness (QED) is 0.825. The Kier molecular flexibility index (Phi) is 5.22. The number of aromatic nitrogens is 2. The number of halogens is 1. The molecule has 0 aliphatic carbocycles. The summed E-state index contributed by atoms with van der Waals surface area (Å²) in [6, 6.07) is 3.10. The highest BCUT2D eigenvalue weighted by atomic mass is 35.5. The lowest BCUT2D eigenvalue weighted by Crippen LogP contribution is -2.50. The predicted octanol–water partition coefficient (Wildman–Crippen LogP) is 1.28. The lowest BCUT2D eigenvalue weighted by Gasteiger charge is -2.31. The largest absolute Gasteiger partial charge is 0.480 e. The smallest absolute Gasteiger partial charge is 0.329 e. The summed E-state index contributed by atoms with van der Waals surface area (Å²) < 4.78 is 12.3. The van der Waals surface area contributed by atoms with Gasteiger partial charge in [0.05, 0.1) is 23.4 Å². The molecule has 1 fully saturated rings. The highest BCUT2D eigenvalue weighted by Gasteiger charge is 2.30. The van der Waals surface area contributed by atoms with Crippen LogP contribution < -0.4 is 5.32 Å². The first-order chi connectivity index (χ1) is 12.0. The van der Waals surface area contributed by atoms with Crippen molar-refractivity contribution in [3.8, 4) is 0 Å². The average Bonchev–Trinajstić information content (AvgIpc) is 2.89. The van der Waals surface area contributed by atoms with Crippen LogP contribution in [0, 0.1) is 6.92 Å². The Balaban J connectivity index is 1.80. The van der Waals surface area contributed by atoms with Crippen LogP contribution in [0.5, 0.6) is 0 Å². The van der Waals surface area contributed by atoms with Crippen LogP contribution in [0.4, 0.5) is 0 Å². The molecule has 0 bridgehead atoms. The Labute approximate surface area is 148 Å². The minimum Gasteiger partial charge on any atom is -0.480 e. The Morgan fingerprint density at radius 3 is 3.08 bits per heavy atom. The molecule has 1 amide bonds. The normalized spacial score (nSPS) is 20.6. The van der Waals surface area contributed by atoms with Crippen molar-refractivity contribution in [2.75, 3.05) is 19.8 Å². The van der Waals surface area contributed by atoms with E-state index in [4.69, 9.17) is 26.2 Å². The zero-order chi connectivity index (χ0) is 18.0. The van der Waals surface area contributed by atoms with Gasteiger partial charge in [0.15, 0.2) is 0 Å². The number of hydrogen-bond acceptors (Lipinski definition) is 5. The fraction of sp³-hybridized carbons (Fsp3) is 0.438. The van der Waals surface area contributed by atoms with E-state index < -0.39 is 18.7 Å². The third kappa shape index (κ3) is 3.92. The van der Waals surface area contributed by atoms with Crippen LogP contribution >= 0.6 is 11.6 Å². The Hall–Kier alpha value is -2.16. The van der Waals surface area contributed by atoms with Gasteiger partial charge in [-0.05, 0) is 25.5 Å². The first-order valence-electron chi connectivity index (χ1n) is 7.82. The number of amides is 1. The molecule has 2 aromatic heterocycles. The van der Waals surface area contributed by atoms with Crippen LogP contribution in [-0.2, 0) is 14.3 Å². The first kappa shape index (κ1) is 17.7. The van der Waals surface area contributed by atoms with E-state index in [2.05, 4.69) is 10.3 Å². The van der Waals surface area contributed by atoms with Crippen LogP contribution in [0.2, 0.25) is 5.02 Å². The number of rotatable bonds is 5. The summed E-state index contributed by atoms with van der Waals surface area (Å²) in [7, 11) is 0. The van der Waals surface area contributed by atoms with Gasteiger partial charge in [-0.3, -0.25) is 9.20 Å². The van der Waals surface area contributed by atoms with Crippen LogP contribution in [-0.4, -0.2) is 58.3 Å². The average molecular weight is 368 g/mol. The van der Waals surface area contributed by atoms with E-state index >= 15 is 0 Å². The SMILES string of the molecule is Cc1nc2ccc(Cl)cn2c1C(=O)N[C@@H]1CCOC[C@H]1OCC(=O)O. The van der Waals surface area contributed by atoms with Crippen LogP contribution in [0.3, 0.4) is 0 Å². The van der Waals surface area contributed by atoms with E-state index in [1.54, 1.807) is 29.7 Å². The summed E-state index contributed by atoms with van der Waals surface area (Å²) in [6.45, 7) is 2.01. The predicted molar refractivity (Wildman–Crippen MR) is 89.0 cm³/mol. The molecule has 1 aliphatic rings. The maximum atomic E-state index is 12.8. The highest BCUT2D eigenvalue weighted by molar-refractivity contribution is 6.30. The van der Waals surface area contributed by atoms with Crippen molar-refractivity contribution in [1.29, 1.82) is 0 Å². The van der Waals surface area contributed by atoms with Gasteiger partial charge in [-0.1, -0.05) is 11.6 Å². The van der Waals surface area contributed by atoms with Gasteiger partial charge >= 0.3 is 5.97 Å². The lowest BCUT2D eigenvalue weighted by atomic mass is 10.1. The summed E-state index contributed by atoms with van der Waals surface area (Å²) in [4.78, 5) is 27.8. The highest BCUT2D eigenvalue weighted by Crippen LogP contribution is 2.18. The van der Waals surface area contributed by atoms with Crippen molar-refractivity contribution in [2.24, 2.45) is 0 Å². The standard InChI is InChI=1S/C16H18ClN3O5/c1-9-15(20-6-10(17)2-3-13(20)18-9)16(23)19-11-4-5-24-7-12(11)25-8-14(21)22/h2-3,6,11-12H,4-5,7-8H2,1H3,(H,19,23)(H,21,22)/t11-,12-/m1/s1. The molecule has 0 unspecified atom stereocenters. The van der Waals surface area contributed by atoms with Gasteiger partial charge in [-0.15, -0.1) is 0 Å². The minimum absolute atomic E-state index is 0.232. The van der Waals surface area contributed by atoms with Gasteiger partial charge in [0.2, 0.25) is 0 Å². The third-order valence-electron chi connectivity index (χ3n) is 4.01. The van der Waals surface area contributed by atoms with E-state index in [0.29, 0.717) is 35.1 Å². The van der Waals surface area contributed by atoms with Crippen LogP contribution in [0.15, 0.2) is 18.3 Å². The lowest BCUT2D eigenvalue weighted by molar-refractivity contribution is -0.148. The summed E-state index contributed by atoms with van der Waals surface area (Å²) in [6.07, 6.45) is 1.65. The minimum atomic E-state index is -1.07. The molecule has 0 spiro atoms. The molecule has 2 atom stereocenters. The summed E-state index contributed by atoms with van der Waals surface area (Å²) >= 11 is 6.02. The van der Waals surface area contributed by atoms with Crippen molar-refractivity contribution in [1.82, 2.24) is 14.7 Å². The molecular weight excluding hydrogens is 350 g/mol. The van der Waals surface area contributed by atoms with E-state index in [1.807, 2.05) is 0 Å². The van der Waals surface area contributed by atoms with E-state index in [-0.39, 0.29) is 18.6 Å². The maximum absolute atomic E-state index is 12.8. The van der Waals surface area contributed by atoms with Gasteiger partial charge in [0.25, 0.3) is 5.91 Å². The zero-order valence-corrected chi connectivity index (χ0v) is 14.3. The Morgan fingerprint density at radius 2 is 2.32 bits per heavy atom. The number of carboxylic acid groups (broad SMARTS) is 1. The molecule has 25 heavy (non-hydrogen) atoms. The molecule has 1 saturated heterocycles. The number of nitrogens with one attached hydrogen (secondary N) is 1. The molecule has 0 aromatic carbocycles. The molecule has 0 radical (unpaired) electrons.